The number of aromatic nitrogens is 3. The largest absolute Gasteiger partial charge is 0.436 e. The number of halogens is 1. The van der Waals surface area contributed by atoms with Crippen molar-refractivity contribution < 1.29 is 14.3 Å². The third-order valence-electron chi connectivity index (χ3n) is 2.65. The summed E-state index contributed by atoms with van der Waals surface area (Å²) >= 11 is 3.43. The molecule has 0 unspecified atom stereocenters. The Labute approximate surface area is 134 Å². The Balaban J connectivity index is 0.000000545. The molecule has 6 nitrogen and oxygen atoms in total. The molecule has 22 heavy (non-hydrogen) atoms. The van der Waals surface area contributed by atoms with E-state index in [4.69, 9.17) is 14.3 Å². The Kier molecular flexibility index (Phi) is 5.59. The van der Waals surface area contributed by atoms with E-state index in [-0.39, 0.29) is 6.15 Å². The maximum absolute atomic E-state index is 8.12. The smallest absolute Gasteiger partial charge is 0.373 e. The third-order valence-corrected chi connectivity index (χ3v) is 3.18. The molecule has 1 aromatic heterocycles. The predicted octanol–water partition coefficient (Wildman–Crippen LogP) is 3.44. The van der Waals surface area contributed by atoms with Crippen LogP contribution >= 0.6 is 15.9 Å². The van der Waals surface area contributed by atoms with E-state index in [1.807, 2.05) is 36.4 Å². The van der Waals surface area contributed by atoms with Gasteiger partial charge in [-0.3, -0.25) is 0 Å². The molecular weight excluding hydrogens is 350 g/mol. The normalized spacial score (nSPS) is 9.32. The van der Waals surface area contributed by atoms with Crippen molar-refractivity contribution in [3.05, 3.63) is 59.2 Å². The fraction of sp³-hybridized carbons (Fsp3) is 0. The molecule has 7 heteroatoms. The summed E-state index contributed by atoms with van der Waals surface area (Å²) in [6, 6.07) is 16.0. The molecule has 0 atom stereocenters. The minimum Gasteiger partial charge on any atom is -0.436 e. The van der Waals surface area contributed by atoms with E-state index in [2.05, 4.69) is 43.5 Å². The highest BCUT2D eigenvalue weighted by Crippen LogP contribution is 2.25. The van der Waals surface area contributed by atoms with Gasteiger partial charge in [0.25, 0.3) is 5.88 Å². The Morgan fingerprint density at radius 1 is 0.955 bits per heavy atom. The minimum absolute atomic E-state index is 0.250. The van der Waals surface area contributed by atoms with Crippen LogP contribution in [0.3, 0.4) is 0 Å². The van der Waals surface area contributed by atoms with Crippen LogP contribution in [0.2, 0.25) is 0 Å². The summed E-state index contributed by atoms with van der Waals surface area (Å²) in [5, 5.41) is 10.0. The van der Waals surface area contributed by atoms with Crippen molar-refractivity contribution in [1.29, 1.82) is 0 Å². The third kappa shape index (κ3) is 4.37. The predicted molar refractivity (Wildman–Crippen MR) is 81.0 cm³/mol. The highest BCUT2D eigenvalue weighted by molar-refractivity contribution is 9.10. The van der Waals surface area contributed by atoms with Gasteiger partial charge in [0.15, 0.2) is 0 Å². The van der Waals surface area contributed by atoms with Gasteiger partial charge in [-0.15, -0.1) is 5.10 Å². The zero-order valence-corrected chi connectivity index (χ0v) is 12.8. The van der Waals surface area contributed by atoms with Gasteiger partial charge < -0.3 is 4.74 Å². The van der Waals surface area contributed by atoms with E-state index in [9.17, 15) is 0 Å². The topological polar surface area (TPSA) is 84.9 Å². The van der Waals surface area contributed by atoms with Crippen LogP contribution in [0.15, 0.2) is 59.2 Å². The fourth-order valence-corrected chi connectivity index (χ4v) is 1.98. The first-order valence-electron chi connectivity index (χ1n) is 6.12. The van der Waals surface area contributed by atoms with E-state index in [0.717, 1.165) is 21.3 Å². The van der Waals surface area contributed by atoms with Crippen molar-refractivity contribution in [2.45, 2.75) is 0 Å². The molecular formula is C15H10BrN3O3. The van der Waals surface area contributed by atoms with Gasteiger partial charge in [-0.1, -0.05) is 40.2 Å². The van der Waals surface area contributed by atoms with Gasteiger partial charge in [0.05, 0.1) is 0 Å². The molecule has 2 aromatic carbocycles. The van der Waals surface area contributed by atoms with Crippen LogP contribution in [0.1, 0.15) is 0 Å². The second-order valence-corrected chi connectivity index (χ2v) is 4.94. The van der Waals surface area contributed by atoms with Gasteiger partial charge in [-0.2, -0.15) is 19.9 Å². The number of hydrogen-bond donors (Lipinski definition) is 1. The molecule has 0 saturated heterocycles. The maximum Gasteiger partial charge on any atom is 0.373 e. The SMILES string of the molecule is Brc1ccc(-c2ccc(Oc3cn[nH]n3)cc2)cc1.O=C=O. The highest BCUT2D eigenvalue weighted by Gasteiger charge is 2.01. The number of carbonyl (C=O) groups excluding carboxylic acids is 2. The zero-order valence-electron chi connectivity index (χ0n) is 11.2. The Morgan fingerprint density at radius 3 is 2.00 bits per heavy atom. The number of hydrogen-bond acceptors (Lipinski definition) is 5. The molecule has 0 aliphatic rings. The summed E-state index contributed by atoms with van der Waals surface area (Å²) in [6.07, 6.45) is 1.78. The van der Waals surface area contributed by atoms with Gasteiger partial charge in [-0.25, -0.2) is 0 Å². The van der Waals surface area contributed by atoms with Crippen molar-refractivity contribution in [2.75, 3.05) is 0 Å². The minimum atomic E-state index is 0.250. The average molecular weight is 360 g/mol. The quantitative estimate of drug-likeness (QED) is 0.773. The first-order chi connectivity index (χ1) is 10.7. The van der Waals surface area contributed by atoms with Crippen LogP contribution in [0.25, 0.3) is 11.1 Å². The van der Waals surface area contributed by atoms with E-state index in [1.54, 1.807) is 0 Å². The van der Waals surface area contributed by atoms with Crippen molar-refractivity contribution in [3.8, 4) is 22.8 Å². The van der Waals surface area contributed by atoms with Gasteiger partial charge >= 0.3 is 6.15 Å². The summed E-state index contributed by atoms with van der Waals surface area (Å²) < 4.78 is 6.59. The molecule has 0 aliphatic heterocycles. The van der Waals surface area contributed by atoms with Crippen LogP contribution in [0.5, 0.6) is 11.6 Å². The van der Waals surface area contributed by atoms with Crippen LogP contribution in [0.4, 0.5) is 0 Å². The lowest BCUT2D eigenvalue weighted by Gasteiger charge is -2.04. The number of nitrogens with one attached hydrogen (secondary N) is 1. The molecule has 1 N–H and O–H groups in total. The summed E-state index contributed by atoms with van der Waals surface area (Å²) in [5.41, 5.74) is 2.30. The average Bonchev–Trinajstić information content (AvgIpc) is 3.03. The number of rotatable bonds is 3. The van der Waals surface area contributed by atoms with Crippen LogP contribution in [-0.4, -0.2) is 21.6 Å². The molecule has 3 rings (SSSR count). The number of benzene rings is 2. The van der Waals surface area contributed by atoms with Gasteiger partial charge in [0.2, 0.25) is 0 Å². The van der Waals surface area contributed by atoms with Gasteiger partial charge in [0.1, 0.15) is 11.9 Å². The lowest BCUT2D eigenvalue weighted by molar-refractivity contribution is -0.191. The molecule has 0 amide bonds. The Morgan fingerprint density at radius 2 is 1.50 bits per heavy atom. The van der Waals surface area contributed by atoms with Crippen LogP contribution < -0.4 is 4.74 Å². The Hall–Kier alpha value is -2.76. The van der Waals surface area contributed by atoms with Crippen LogP contribution in [0, 0.1) is 0 Å². The summed E-state index contributed by atoms with van der Waals surface area (Å²) in [4.78, 5) is 16.2. The second kappa shape index (κ2) is 7.87. The molecule has 1 heterocycles. The molecule has 0 spiro atoms. The molecule has 0 bridgehead atoms. The zero-order chi connectivity index (χ0) is 15.8. The maximum atomic E-state index is 8.12. The van der Waals surface area contributed by atoms with Crippen LogP contribution in [-0.2, 0) is 9.59 Å². The van der Waals surface area contributed by atoms with Crippen molar-refractivity contribution in [2.24, 2.45) is 0 Å². The van der Waals surface area contributed by atoms with Gasteiger partial charge in [0, 0.05) is 4.47 Å². The lowest BCUT2D eigenvalue weighted by Crippen LogP contribution is -1.84. The Bertz CT molecular complexity index is 735. The first kappa shape index (κ1) is 15.6. The van der Waals surface area contributed by atoms with E-state index in [0.29, 0.717) is 5.88 Å². The second-order valence-electron chi connectivity index (χ2n) is 4.02. The standard InChI is InChI=1S/C14H10BrN3O.CO2/c15-12-5-1-10(2-6-12)11-3-7-13(8-4-11)19-14-9-16-18-17-14;2-1-3/h1-9H,(H,16,17,18);. The van der Waals surface area contributed by atoms with E-state index in [1.165, 1.54) is 6.20 Å². The molecule has 0 aliphatic carbocycles. The molecule has 0 radical (unpaired) electrons. The highest BCUT2D eigenvalue weighted by atomic mass is 79.9. The number of H-pyrrole nitrogens is 1. The number of aromatic amines is 1. The first-order valence-corrected chi connectivity index (χ1v) is 6.91. The van der Waals surface area contributed by atoms with E-state index < -0.39 is 0 Å². The summed E-state index contributed by atoms with van der Waals surface area (Å²) in [6.45, 7) is 0. The molecule has 0 fully saturated rings. The molecule has 0 saturated carbocycles. The summed E-state index contributed by atoms with van der Waals surface area (Å²) in [7, 11) is 0. The van der Waals surface area contributed by atoms with Crippen molar-refractivity contribution >= 4 is 22.1 Å². The monoisotopic (exact) mass is 359 g/mol. The van der Waals surface area contributed by atoms with Crippen molar-refractivity contribution in [1.82, 2.24) is 15.4 Å². The number of ether oxygens (including phenoxy) is 1. The van der Waals surface area contributed by atoms with Crippen molar-refractivity contribution in [3.63, 3.8) is 0 Å². The molecule has 3 aromatic rings. The number of nitrogens with zero attached hydrogens (tertiary/aromatic N) is 2. The molecule has 110 valence electrons. The van der Waals surface area contributed by atoms with Gasteiger partial charge in [-0.05, 0) is 35.4 Å². The lowest BCUT2D eigenvalue weighted by atomic mass is 10.1. The van der Waals surface area contributed by atoms with E-state index >= 15 is 0 Å². The fourth-order valence-electron chi connectivity index (χ4n) is 1.72. The summed E-state index contributed by atoms with van der Waals surface area (Å²) in [5.74, 6) is 1.19.